The number of nitrogens with one attached hydrogen (secondary N) is 1. The third-order valence-electron chi connectivity index (χ3n) is 5.14. The third-order valence-corrected chi connectivity index (χ3v) is 6.99. The summed E-state index contributed by atoms with van der Waals surface area (Å²) in [5.41, 5.74) is 5.76. The van der Waals surface area contributed by atoms with Gasteiger partial charge in [0.15, 0.2) is 10.8 Å². The Kier molecular flexibility index (Phi) is 7.40. The highest BCUT2D eigenvalue weighted by molar-refractivity contribution is 8.00. The van der Waals surface area contributed by atoms with Gasteiger partial charge in [0.05, 0.1) is 5.92 Å². The lowest BCUT2D eigenvalue weighted by Crippen LogP contribution is -2.70. The van der Waals surface area contributed by atoms with E-state index in [1.165, 1.54) is 29.7 Å². The van der Waals surface area contributed by atoms with Gasteiger partial charge in [-0.1, -0.05) is 17.8 Å². The van der Waals surface area contributed by atoms with Gasteiger partial charge < -0.3 is 25.4 Å². The summed E-state index contributed by atoms with van der Waals surface area (Å²) in [5, 5.41) is 7.71. The molecule has 1 aromatic rings. The van der Waals surface area contributed by atoms with Crippen LogP contribution in [0.15, 0.2) is 35.0 Å². The molecule has 1 aliphatic carbocycles. The molecule has 3 aliphatic rings. The van der Waals surface area contributed by atoms with Crippen molar-refractivity contribution in [2.45, 2.75) is 37.5 Å². The number of nitrogen functional groups attached to an aromatic ring is 1. The fourth-order valence-electron chi connectivity index (χ4n) is 3.31. The molecule has 3 N–H and O–H groups in total. The quantitative estimate of drug-likeness (QED) is 0.0855. The number of aromatic nitrogens is 1. The molecule has 186 valence electrons. The number of thioether (sulfide) groups is 1. The van der Waals surface area contributed by atoms with Gasteiger partial charge in [-0.3, -0.25) is 19.3 Å². The molecule has 1 saturated carbocycles. The number of nitrogens with zero attached hydrogens (tertiary/aromatic N) is 3. The van der Waals surface area contributed by atoms with Gasteiger partial charge in [-0.05, 0) is 18.9 Å². The molecule has 12 nitrogen and oxygen atoms in total. The number of carbonyl (C=O) groups excluding carboxylic acids is 4. The minimum absolute atomic E-state index is 0.0362. The predicted octanol–water partition coefficient (Wildman–Crippen LogP) is 0.758. The number of thiazole rings is 1. The van der Waals surface area contributed by atoms with E-state index in [4.69, 9.17) is 20.0 Å². The van der Waals surface area contributed by atoms with Crippen molar-refractivity contribution in [1.29, 1.82) is 0 Å². The number of hydrogen-bond donors (Lipinski definition) is 2. The number of oxime groups is 1. The molecule has 2 amide bonds. The summed E-state index contributed by atoms with van der Waals surface area (Å²) in [6.07, 6.45) is 3.46. The van der Waals surface area contributed by atoms with E-state index in [0.29, 0.717) is 5.75 Å². The van der Waals surface area contributed by atoms with Crippen molar-refractivity contribution in [2.24, 2.45) is 11.1 Å². The zero-order valence-electron chi connectivity index (χ0n) is 18.7. The van der Waals surface area contributed by atoms with Crippen LogP contribution in [0, 0.1) is 5.92 Å². The Bertz CT molecular complexity index is 1110. The summed E-state index contributed by atoms with van der Waals surface area (Å²) in [6, 6.07) is -0.908. The largest absolute Gasteiger partial charge is 0.425 e. The molecule has 2 aliphatic heterocycles. The van der Waals surface area contributed by atoms with Crippen LogP contribution in [0.1, 0.15) is 25.5 Å². The number of fused-ring (bicyclic) bond motifs is 1. The average molecular weight is 522 g/mol. The predicted molar refractivity (Wildman–Crippen MR) is 127 cm³/mol. The fourth-order valence-corrected chi connectivity index (χ4v) is 5.05. The van der Waals surface area contributed by atoms with E-state index >= 15 is 0 Å². The lowest BCUT2D eigenvalue weighted by Gasteiger charge is -2.48. The second kappa shape index (κ2) is 10.5. The van der Waals surface area contributed by atoms with Crippen LogP contribution >= 0.6 is 23.1 Å². The molecule has 0 bridgehead atoms. The Labute approximate surface area is 208 Å². The first-order valence-corrected chi connectivity index (χ1v) is 12.6. The highest BCUT2D eigenvalue weighted by Crippen LogP contribution is 2.38. The summed E-state index contributed by atoms with van der Waals surface area (Å²) in [6.45, 7) is 5.02. The van der Waals surface area contributed by atoms with Gasteiger partial charge in [-0.25, -0.2) is 9.78 Å². The first-order valence-electron chi connectivity index (χ1n) is 10.7. The number of anilines is 1. The van der Waals surface area contributed by atoms with E-state index in [1.54, 1.807) is 11.5 Å². The Balaban J connectivity index is 1.39. The zero-order chi connectivity index (χ0) is 25.1. The molecule has 0 radical (unpaired) electrons. The number of nitrogens with two attached hydrogens (primary N) is 1. The zero-order valence-corrected chi connectivity index (χ0v) is 20.3. The molecule has 35 heavy (non-hydrogen) atoms. The smallest absolute Gasteiger partial charge is 0.357 e. The van der Waals surface area contributed by atoms with Gasteiger partial charge in [0.25, 0.3) is 11.8 Å². The number of rotatable bonds is 10. The van der Waals surface area contributed by atoms with Crippen LogP contribution in [0.2, 0.25) is 0 Å². The molecule has 4 rings (SSSR count). The molecular weight excluding hydrogens is 498 g/mol. The summed E-state index contributed by atoms with van der Waals surface area (Å²) in [5.74, 6) is -2.10. The molecule has 2 unspecified atom stereocenters. The maximum absolute atomic E-state index is 12.9. The standard InChI is InChI=1S/C21H23N5O7S2/c1-3-7-31-25-14(12-9-35-21(22)23-12)16(27)24-15-17(28)26-13(6-8-34-18(15)26)20(30)33-10(2)32-19(29)11-4-5-11/h3,6,9-11,15,18H,1,4-5,7-8H2,2H3,(H2,22,23)(H,24,27)/t10?,15?,18-/m1/s1. The van der Waals surface area contributed by atoms with E-state index in [2.05, 4.69) is 22.0 Å². The molecule has 1 aromatic heterocycles. The Hall–Kier alpha value is -3.39. The number of carbonyl (C=O) groups is 4. The lowest BCUT2D eigenvalue weighted by atomic mass is 10.0. The summed E-state index contributed by atoms with van der Waals surface area (Å²) in [4.78, 5) is 60.6. The fraction of sp³-hybridized carbons (Fsp3) is 0.429. The molecule has 3 atom stereocenters. The topological polar surface area (TPSA) is 163 Å². The van der Waals surface area contributed by atoms with E-state index in [-0.39, 0.29) is 34.8 Å². The van der Waals surface area contributed by atoms with Gasteiger partial charge in [0, 0.05) is 18.1 Å². The second-order valence-corrected chi connectivity index (χ2v) is 9.79. The van der Waals surface area contributed by atoms with Crippen LogP contribution in [0.5, 0.6) is 0 Å². The number of ether oxygens (including phenoxy) is 2. The first-order chi connectivity index (χ1) is 16.8. The van der Waals surface area contributed by atoms with Crippen molar-refractivity contribution in [3.05, 3.63) is 35.5 Å². The van der Waals surface area contributed by atoms with Crippen LogP contribution in [-0.2, 0) is 33.5 Å². The van der Waals surface area contributed by atoms with E-state index in [9.17, 15) is 19.2 Å². The van der Waals surface area contributed by atoms with Crippen molar-refractivity contribution in [1.82, 2.24) is 15.2 Å². The SMILES string of the molecule is C=CCON=C(C(=O)NC1C(=O)N2C(C(=O)OC(C)OC(=O)C3CC3)=CCS[C@H]12)c1csc(N)n1. The van der Waals surface area contributed by atoms with E-state index < -0.39 is 41.5 Å². The molecule has 3 heterocycles. The number of esters is 2. The summed E-state index contributed by atoms with van der Waals surface area (Å²) in [7, 11) is 0. The molecule has 2 fully saturated rings. The van der Waals surface area contributed by atoms with E-state index in [1.807, 2.05) is 0 Å². The van der Waals surface area contributed by atoms with Crippen molar-refractivity contribution in [3.8, 4) is 0 Å². The lowest BCUT2D eigenvalue weighted by molar-refractivity contribution is -0.185. The Morgan fingerprint density at radius 2 is 2.17 bits per heavy atom. The maximum atomic E-state index is 12.9. The number of β-lactam (4-membered cyclic amide) rings is 1. The number of amides is 2. The van der Waals surface area contributed by atoms with Gasteiger partial charge in [0.2, 0.25) is 6.29 Å². The third kappa shape index (κ3) is 5.48. The van der Waals surface area contributed by atoms with Crippen molar-refractivity contribution in [2.75, 3.05) is 18.1 Å². The monoisotopic (exact) mass is 521 g/mol. The minimum atomic E-state index is -1.09. The molecular formula is C21H23N5O7S2. The molecule has 0 aromatic carbocycles. The minimum Gasteiger partial charge on any atom is -0.425 e. The van der Waals surface area contributed by atoms with Crippen molar-refractivity contribution in [3.63, 3.8) is 0 Å². The molecule has 14 heteroatoms. The Morgan fingerprint density at radius 1 is 1.40 bits per heavy atom. The summed E-state index contributed by atoms with van der Waals surface area (Å²) < 4.78 is 10.3. The highest BCUT2D eigenvalue weighted by atomic mass is 32.2. The second-order valence-electron chi connectivity index (χ2n) is 7.75. The molecule has 1 saturated heterocycles. The first kappa shape index (κ1) is 24.7. The maximum Gasteiger partial charge on any atom is 0.357 e. The average Bonchev–Trinajstić information content (AvgIpc) is 3.60. The van der Waals surface area contributed by atoms with E-state index in [0.717, 1.165) is 24.2 Å². The van der Waals surface area contributed by atoms with Crippen molar-refractivity contribution < 1.29 is 33.5 Å². The van der Waals surface area contributed by atoms with Crippen molar-refractivity contribution >= 4 is 57.7 Å². The highest BCUT2D eigenvalue weighted by Gasteiger charge is 2.53. The normalized spacial score (nSPS) is 22.2. The molecule has 0 spiro atoms. The number of hydrogen-bond acceptors (Lipinski definition) is 12. The van der Waals surface area contributed by atoms with Crippen LogP contribution < -0.4 is 11.1 Å². The van der Waals surface area contributed by atoms with Crippen LogP contribution in [0.25, 0.3) is 0 Å². The van der Waals surface area contributed by atoms with Crippen LogP contribution in [0.3, 0.4) is 0 Å². The summed E-state index contributed by atoms with van der Waals surface area (Å²) >= 11 is 2.49. The van der Waals surface area contributed by atoms with Gasteiger partial charge >= 0.3 is 11.9 Å². The Morgan fingerprint density at radius 3 is 2.83 bits per heavy atom. The van der Waals surface area contributed by atoms with Gasteiger partial charge in [-0.15, -0.1) is 23.1 Å². The van der Waals surface area contributed by atoms with Gasteiger partial charge in [0.1, 0.15) is 29.4 Å². The van der Waals surface area contributed by atoms with Crippen LogP contribution in [0.4, 0.5) is 5.13 Å². The van der Waals surface area contributed by atoms with Crippen LogP contribution in [-0.4, -0.2) is 69.4 Å². The van der Waals surface area contributed by atoms with Gasteiger partial charge in [-0.2, -0.15) is 0 Å².